The molecule has 2 aliphatic heterocycles. The van der Waals surface area contributed by atoms with Crippen LogP contribution in [0.4, 0.5) is 5.69 Å². The van der Waals surface area contributed by atoms with Crippen molar-refractivity contribution in [1.29, 1.82) is 0 Å². The Bertz CT molecular complexity index is 895. The molecule has 2 aliphatic rings. The minimum atomic E-state index is -0.311. The summed E-state index contributed by atoms with van der Waals surface area (Å²) in [7, 11) is 0. The molecular formula is C23H26N4O3. The smallest absolute Gasteiger partial charge is 0.228 e. The molecule has 1 atom stereocenters. The number of hydrogen-bond donors (Lipinski definition) is 1. The third-order valence-corrected chi connectivity index (χ3v) is 5.91. The molecule has 1 aromatic heterocycles. The second-order valence-corrected chi connectivity index (χ2v) is 7.92. The summed E-state index contributed by atoms with van der Waals surface area (Å²) in [4.78, 5) is 45.4. The third-order valence-electron chi connectivity index (χ3n) is 5.91. The molecule has 0 radical (unpaired) electrons. The molecule has 156 valence electrons. The number of nitrogens with zero attached hydrogens (tertiary/aromatic N) is 3. The number of nitrogens with one attached hydrogen (secondary N) is 1. The molecular weight excluding hydrogens is 380 g/mol. The second-order valence-electron chi connectivity index (χ2n) is 7.92. The standard InChI is InChI=1S/C23H26N4O3/c28-21-13-19(16-27(21)20-6-2-1-3-7-20)23(30)26-11-8-18(9-12-26)22(29)25-15-17-5-4-10-24-14-17/h1-7,10,14,18-19H,8-9,11-13,15-16H2,(H,25,29). The van der Waals surface area contributed by atoms with Crippen LogP contribution < -0.4 is 10.2 Å². The van der Waals surface area contributed by atoms with Crippen molar-refractivity contribution >= 4 is 23.4 Å². The minimum Gasteiger partial charge on any atom is -0.352 e. The van der Waals surface area contributed by atoms with E-state index in [1.807, 2.05) is 47.4 Å². The molecule has 7 heteroatoms. The lowest BCUT2D eigenvalue weighted by atomic mass is 9.94. The Balaban J connectivity index is 1.26. The number of piperidine rings is 1. The number of likely N-dealkylation sites (tertiary alicyclic amines) is 1. The Morgan fingerprint density at radius 1 is 1.03 bits per heavy atom. The van der Waals surface area contributed by atoms with Gasteiger partial charge in [0.05, 0.1) is 5.92 Å². The zero-order valence-corrected chi connectivity index (χ0v) is 16.9. The lowest BCUT2D eigenvalue weighted by molar-refractivity contribution is -0.139. The first kappa shape index (κ1) is 20.1. The van der Waals surface area contributed by atoms with E-state index in [-0.39, 0.29) is 36.0 Å². The van der Waals surface area contributed by atoms with Crippen molar-refractivity contribution in [2.45, 2.75) is 25.8 Å². The van der Waals surface area contributed by atoms with E-state index < -0.39 is 0 Å². The van der Waals surface area contributed by atoms with Crippen LogP contribution in [0.1, 0.15) is 24.8 Å². The van der Waals surface area contributed by atoms with Gasteiger partial charge in [-0.25, -0.2) is 0 Å². The van der Waals surface area contributed by atoms with Crippen molar-refractivity contribution in [3.8, 4) is 0 Å². The van der Waals surface area contributed by atoms with Crippen molar-refractivity contribution in [3.05, 3.63) is 60.4 Å². The van der Waals surface area contributed by atoms with E-state index in [2.05, 4.69) is 10.3 Å². The molecule has 3 amide bonds. The van der Waals surface area contributed by atoms with Crippen LogP contribution in [-0.4, -0.2) is 47.2 Å². The van der Waals surface area contributed by atoms with Crippen LogP contribution >= 0.6 is 0 Å². The molecule has 30 heavy (non-hydrogen) atoms. The molecule has 0 spiro atoms. The Kier molecular flexibility index (Phi) is 6.07. The molecule has 0 bridgehead atoms. The summed E-state index contributed by atoms with van der Waals surface area (Å²) in [5, 5.41) is 2.96. The van der Waals surface area contributed by atoms with Gasteiger partial charge >= 0.3 is 0 Å². The van der Waals surface area contributed by atoms with Gasteiger partial charge in [0, 0.05) is 56.6 Å². The second kappa shape index (κ2) is 9.07. The van der Waals surface area contributed by atoms with E-state index >= 15 is 0 Å². The average Bonchev–Trinajstić information content (AvgIpc) is 3.20. The quantitative estimate of drug-likeness (QED) is 0.823. The summed E-state index contributed by atoms with van der Waals surface area (Å²) in [5.41, 5.74) is 1.80. The van der Waals surface area contributed by atoms with Crippen LogP contribution in [0.3, 0.4) is 0 Å². The highest BCUT2D eigenvalue weighted by Gasteiger charge is 2.38. The Morgan fingerprint density at radius 2 is 1.80 bits per heavy atom. The van der Waals surface area contributed by atoms with Crippen molar-refractivity contribution in [1.82, 2.24) is 15.2 Å². The van der Waals surface area contributed by atoms with Gasteiger partial charge in [0.1, 0.15) is 0 Å². The highest BCUT2D eigenvalue weighted by atomic mass is 16.2. The van der Waals surface area contributed by atoms with Gasteiger partial charge < -0.3 is 15.1 Å². The predicted octanol–water partition coefficient (Wildman–Crippen LogP) is 1.99. The van der Waals surface area contributed by atoms with Crippen molar-refractivity contribution in [2.75, 3.05) is 24.5 Å². The SMILES string of the molecule is O=C(NCc1cccnc1)C1CCN(C(=O)C2CC(=O)N(c3ccccc3)C2)CC1. The van der Waals surface area contributed by atoms with Crippen LogP contribution in [-0.2, 0) is 20.9 Å². The maximum absolute atomic E-state index is 12.9. The van der Waals surface area contributed by atoms with E-state index in [4.69, 9.17) is 0 Å². The fraction of sp³-hybridized carbons (Fsp3) is 0.391. The van der Waals surface area contributed by atoms with Gasteiger partial charge in [-0.1, -0.05) is 24.3 Å². The van der Waals surface area contributed by atoms with E-state index in [1.54, 1.807) is 17.3 Å². The molecule has 1 N–H and O–H groups in total. The molecule has 2 fully saturated rings. The maximum Gasteiger partial charge on any atom is 0.228 e. The zero-order valence-electron chi connectivity index (χ0n) is 16.9. The van der Waals surface area contributed by atoms with E-state index in [0.717, 1.165) is 11.3 Å². The highest BCUT2D eigenvalue weighted by Crippen LogP contribution is 2.27. The number of carbonyl (C=O) groups is 3. The first-order valence-corrected chi connectivity index (χ1v) is 10.4. The summed E-state index contributed by atoms with van der Waals surface area (Å²) >= 11 is 0. The number of hydrogen-bond acceptors (Lipinski definition) is 4. The molecule has 2 saturated heterocycles. The molecule has 0 aliphatic carbocycles. The summed E-state index contributed by atoms with van der Waals surface area (Å²) in [5.74, 6) is -0.358. The van der Waals surface area contributed by atoms with E-state index in [9.17, 15) is 14.4 Å². The van der Waals surface area contributed by atoms with Crippen LogP contribution in [0.25, 0.3) is 0 Å². The molecule has 1 aromatic carbocycles. The molecule has 2 aromatic rings. The number of aromatic nitrogens is 1. The lowest BCUT2D eigenvalue weighted by Crippen LogP contribution is -2.45. The van der Waals surface area contributed by atoms with Gasteiger partial charge in [0.25, 0.3) is 0 Å². The minimum absolute atomic E-state index is 0.00999. The van der Waals surface area contributed by atoms with Crippen LogP contribution in [0, 0.1) is 11.8 Å². The van der Waals surface area contributed by atoms with Gasteiger partial charge in [-0.2, -0.15) is 0 Å². The molecule has 4 rings (SSSR count). The number of amides is 3. The maximum atomic E-state index is 12.9. The molecule has 3 heterocycles. The van der Waals surface area contributed by atoms with Gasteiger partial charge in [-0.15, -0.1) is 0 Å². The number of carbonyl (C=O) groups excluding carboxylic acids is 3. The number of benzene rings is 1. The van der Waals surface area contributed by atoms with Gasteiger partial charge in [0.2, 0.25) is 17.7 Å². The fourth-order valence-corrected chi connectivity index (χ4v) is 4.19. The summed E-state index contributed by atoms with van der Waals surface area (Å²) in [6.07, 6.45) is 4.98. The van der Waals surface area contributed by atoms with E-state index in [0.29, 0.717) is 39.0 Å². The van der Waals surface area contributed by atoms with Crippen molar-refractivity contribution in [3.63, 3.8) is 0 Å². The lowest BCUT2D eigenvalue weighted by Gasteiger charge is -2.33. The summed E-state index contributed by atoms with van der Waals surface area (Å²) in [6.45, 7) is 2.00. The average molecular weight is 406 g/mol. The Labute approximate surface area is 176 Å². The number of para-hydroxylation sites is 1. The molecule has 0 saturated carbocycles. The first-order valence-electron chi connectivity index (χ1n) is 10.4. The van der Waals surface area contributed by atoms with Crippen molar-refractivity contribution in [2.24, 2.45) is 11.8 Å². The zero-order chi connectivity index (χ0) is 20.9. The van der Waals surface area contributed by atoms with Crippen LogP contribution in [0.5, 0.6) is 0 Å². The van der Waals surface area contributed by atoms with Gasteiger partial charge in [-0.05, 0) is 36.6 Å². The number of pyridine rings is 1. The summed E-state index contributed by atoms with van der Waals surface area (Å²) in [6, 6.07) is 13.2. The number of rotatable bonds is 5. The van der Waals surface area contributed by atoms with Crippen molar-refractivity contribution < 1.29 is 14.4 Å². The van der Waals surface area contributed by atoms with E-state index in [1.165, 1.54) is 0 Å². The Hall–Kier alpha value is -3.22. The number of anilines is 1. The highest BCUT2D eigenvalue weighted by molar-refractivity contribution is 6.00. The van der Waals surface area contributed by atoms with Gasteiger partial charge in [-0.3, -0.25) is 19.4 Å². The largest absolute Gasteiger partial charge is 0.352 e. The normalized spacial score (nSPS) is 19.7. The Morgan fingerprint density at radius 3 is 2.50 bits per heavy atom. The fourth-order valence-electron chi connectivity index (χ4n) is 4.19. The van der Waals surface area contributed by atoms with Gasteiger partial charge in [0.15, 0.2) is 0 Å². The molecule has 1 unspecified atom stereocenters. The van der Waals surface area contributed by atoms with Crippen LogP contribution in [0.15, 0.2) is 54.9 Å². The topological polar surface area (TPSA) is 82.6 Å². The van der Waals surface area contributed by atoms with Crippen LogP contribution in [0.2, 0.25) is 0 Å². The molecule has 7 nitrogen and oxygen atoms in total. The summed E-state index contributed by atoms with van der Waals surface area (Å²) < 4.78 is 0. The predicted molar refractivity (Wildman–Crippen MR) is 112 cm³/mol. The third kappa shape index (κ3) is 4.50. The first-order chi connectivity index (χ1) is 14.6. The monoisotopic (exact) mass is 406 g/mol.